The third kappa shape index (κ3) is 4.01. The molecule has 0 aliphatic heterocycles. The maximum atomic E-state index is 13.4. The summed E-state index contributed by atoms with van der Waals surface area (Å²) in [7, 11) is -4.92. The molecule has 24 heavy (non-hydrogen) atoms. The predicted molar refractivity (Wildman–Crippen MR) is 67.9 cm³/mol. The van der Waals surface area contributed by atoms with Gasteiger partial charge in [-0.1, -0.05) is 18.2 Å². The Hall–Kier alpha value is -1.33. The van der Waals surface area contributed by atoms with Gasteiger partial charge in [-0.3, -0.25) is 0 Å². The number of benzene rings is 2. The Morgan fingerprint density at radius 1 is 0.875 bits per heavy atom. The summed E-state index contributed by atoms with van der Waals surface area (Å²) in [5.41, 5.74) is -1.87. The van der Waals surface area contributed by atoms with Crippen LogP contribution in [0.2, 0.25) is 0 Å². The predicted octanol–water partition coefficient (Wildman–Crippen LogP) is 0.0408. The van der Waals surface area contributed by atoms with E-state index in [-0.39, 0.29) is 35.1 Å². The van der Waals surface area contributed by atoms with Crippen LogP contribution in [0.15, 0.2) is 34.2 Å². The van der Waals surface area contributed by atoms with Crippen molar-refractivity contribution < 1.29 is 64.5 Å². The standard InChI is InChI=1S/C13H6F5NO3S.Na/c14-8-9(15)11(17)13(12(18)10(8)16)19-5-6-3-1-2-4-7(6)23(20,21)22;/h1-5H,(H,20,21,22);/q;+1/p-1. The van der Waals surface area contributed by atoms with Gasteiger partial charge in [0.25, 0.3) is 0 Å². The van der Waals surface area contributed by atoms with Gasteiger partial charge in [-0.2, -0.15) is 0 Å². The van der Waals surface area contributed by atoms with Crippen molar-refractivity contribution in [3.8, 4) is 0 Å². The van der Waals surface area contributed by atoms with Crippen molar-refractivity contribution in [1.82, 2.24) is 0 Å². The Labute approximate surface area is 155 Å². The molecule has 0 fully saturated rings. The summed E-state index contributed by atoms with van der Waals surface area (Å²) in [6.07, 6.45) is 0.517. The van der Waals surface area contributed by atoms with Crippen LogP contribution in [0.4, 0.5) is 27.6 Å². The van der Waals surface area contributed by atoms with E-state index in [9.17, 15) is 34.9 Å². The first-order valence-electron chi connectivity index (χ1n) is 5.75. The number of hydrogen-bond donors (Lipinski definition) is 0. The zero-order valence-corrected chi connectivity index (χ0v) is 14.7. The number of nitrogens with zero attached hydrogens (tertiary/aromatic N) is 1. The fourth-order valence-electron chi connectivity index (χ4n) is 1.66. The van der Waals surface area contributed by atoms with Gasteiger partial charge < -0.3 is 4.55 Å². The molecular formula is C13H5F5NNaO3S. The van der Waals surface area contributed by atoms with Crippen molar-refractivity contribution in [2.75, 3.05) is 0 Å². The second-order valence-corrected chi connectivity index (χ2v) is 5.52. The topological polar surface area (TPSA) is 69.6 Å². The van der Waals surface area contributed by atoms with Crippen molar-refractivity contribution in [2.24, 2.45) is 4.99 Å². The summed E-state index contributed by atoms with van der Waals surface area (Å²) in [4.78, 5) is 2.33. The van der Waals surface area contributed by atoms with E-state index in [4.69, 9.17) is 0 Å². The van der Waals surface area contributed by atoms with Gasteiger partial charge in [-0.15, -0.1) is 0 Å². The smallest absolute Gasteiger partial charge is 0.744 e. The van der Waals surface area contributed by atoms with Crippen LogP contribution in [0, 0.1) is 29.1 Å². The molecule has 11 heteroatoms. The van der Waals surface area contributed by atoms with Crippen molar-refractivity contribution in [3.05, 3.63) is 58.9 Å². The monoisotopic (exact) mass is 373 g/mol. The molecule has 0 radical (unpaired) electrons. The van der Waals surface area contributed by atoms with E-state index in [1.165, 1.54) is 12.1 Å². The first kappa shape index (κ1) is 20.7. The molecule has 4 nitrogen and oxygen atoms in total. The molecule has 2 rings (SSSR count). The number of rotatable bonds is 3. The van der Waals surface area contributed by atoms with E-state index in [1.54, 1.807) is 0 Å². The molecule has 0 N–H and O–H groups in total. The molecule has 0 aliphatic carbocycles. The second-order valence-electron chi connectivity index (χ2n) is 4.17. The molecule has 0 saturated heterocycles. The molecule has 0 heterocycles. The van der Waals surface area contributed by atoms with E-state index in [0.717, 1.165) is 12.1 Å². The summed E-state index contributed by atoms with van der Waals surface area (Å²) >= 11 is 0. The fraction of sp³-hybridized carbons (Fsp3) is 0. The molecule has 0 bridgehead atoms. The van der Waals surface area contributed by atoms with Crippen LogP contribution < -0.4 is 29.6 Å². The van der Waals surface area contributed by atoms with Gasteiger partial charge >= 0.3 is 29.6 Å². The summed E-state index contributed by atoms with van der Waals surface area (Å²) in [5.74, 6) is -11.1. The summed E-state index contributed by atoms with van der Waals surface area (Å²) in [6, 6.07) is 4.47. The van der Waals surface area contributed by atoms with Gasteiger partial charge in [-0.25, -0.2) is 35.4 Å². The molecule has 122 valence electrons. The van der Waals surface area contributed by atoms with Crippen LogP contribution in [-0.4, -0.2) is 19.2 Å². The largest absolute Gasteiger partial charge is 1.00 e. The van der Waals surface area contributed by atoms with Crippen LogP contribution in [0.5, 0.6) is 0 Å². The summed E-state index contributed by atoms with van der Waals surface area (Å²) in [6.45, 7) is 0. The van der Waals surface area contributed by atoms with Crippen LogP contribution in [0.1, 0.15) is 5.56 Å². The third-order valence-corrected chi connectivity index (χ3v) is 3.62. The van der Waals surface area contributed by atoms with Gasteiger partial charge in [0.05, 0.1) is 4.90 Å². The zero-order chi connectivity index (χ0) is 17.4. The molecule has 0 aliphatic rings. The molecule has 0 atom stereocenters. The molecule has 0 aromatic heterocycles. The van der Waals surface area contributed by atoms with E-state index in [1.807, 2.05) is 0 Å². The molecule has 0 saturated carbocycles. The fourth-order valence-corrected chi connectivity index (χ4v) is 2.31. The zero-order valence-electron chi connectivity index (χ0n) is 11.9. The Kier molecular flexibility index (Phi) is 6.65. The molecule has 0 spiro atoms. The Morgan fingerprint density at radius 2 is 1.33 bits per heavy atom. The first-order valence-corrected chi connectivity index (χ1v) is 7.16. The number of aliphatic imine (C=N–C) groups is 1. The van der Waals surface area contributed by atoms with Gasteiger partial charge in [-0.05, 0) is 6.07 Å². The van der Waals surface area contributed by atoms with Gasteiger partial charge in [0.2, 0.25) is 5.82 Å². The van der Waals surface area contributed by atoms with Gasteiger partial charge in [0, 0.05) is 11.8 Å². The molecule has 0 amide bonds. The normalized spacial score (nSPS) is 11.6. The minimum absolute atomic E-state index is 0. The van der Waals surface area contributed by atoms with Crippen LogP contribution in [0.3, 0.4) is 0 Å². The van der Waals surface area contributed by atoms with Crippen LogP contribution in [0.25, 0.3) is 0 Å². The first-order chi connectivity index (χ1) is 10.6. The van der Waals surface area contributed by atoms with Crippen LogP contribution in [-0.2, 0) is 10.1 Å². The third-order valence-electron chi connectivity index (χ3n) is 2.71. The average Bonchev–Trinajstić information content (AvgIpc) is 2.50. The summed E-state index contributed by atoms with van der Waals surface area (Å²) in [5, 5.41) is 0. The number of hydrogen-bond acceptors (Lipinski definition) is 4. The Bertz CT molecular complexity index is 889. The second kappa shape index (κ2) is 7.70. The summed E-state index contributed by atoms with van der Waals surface area (Å²) < 4.78 is 98.8. The minimum atomic E-state index is -4.92. The van der Waals surface area contributed by atoms with Crippen molar-refractivity contribution in [1.29, 1.82) is 0 Å². The van der Waals surface area contributed by atoms with E-state index in [0.29, 0.717) is 6.21 Å². The number of halogens is 5. The average molecular weight is 373 g/mol. The molecule has 0 unspecified atom stereocenters. The minimum Gasteiger partial charge on any atom is -0.744 e. The quantitative estimate of drug-likeness (QED) is 0.191. The Balaban J connectivity index is 0.00000288. The Morgan fingerprint density at radius 3 is 1.83 bits per heavy atom. The molecule has 2 aromatic rings. The van der Waals surface area contributed by atoms with Gasteiger partial charge in [0.15, 0.2) is 23.3 Å². The van der Waals surface area contributed by atoms with E-state index in [2.05, 4.69) is 4.99 Å². The van der Waals surface area contributed by atoms with Crippen molar-refractivity contribution in [2.45, 2.75) is 4.90 Å². The van der Waals surface area contributed by atoms with Crippen molar-refractivity contribution in [3.63, 3.8) is 0 Å². The van der Waals surface area contributed by atoms with E-state index >= 15 is 0 Å². The molecular weight excluding hydrogens is 368 g/mol. The van der Waals surface area contributed by atoms with Gasteiger partial charge in [0.1, 0.15) is 15.8 Å². The van der Waals surface area contributed by atoms with Crippen LogP contribution >= 0.6 is 0 Å². The van der Waals surface area contributed by atoms with E-state index < -0.39 is 49.8 Å². The maximum absolute atomic E-state index is 13.4. The maximum Gasteiger partial charge on any atom is 1.00 e. The molecule has 2 aromatic carbocycles. The SMILES string of the molecule is O=S(=O)([O-])c1ccccc1C=Nc1c(F)c(F)c(F)c(F)c1F.[Na+]. The van der Waals surface area contributed by atoms with Crippen molar-refractivity contribution >= 4 is 22.0 Å².